The van der Waals surface area contributed by atoms with E-state index in [-0.39, 0.29) is 0 Å². The Morgan fingerprint density at radius 3 is 2.71 bits per heavy atom. The van der Waals surface area contributed by atoms with E-state index >= 15 is 0 Å². The molecule has 0 radical (unpaired) electrons. The molecule has 94 valence electrons. The fraction of sp³-hybridized carbons (Fsp3) is 0.500. The van der Waals surface area contributed by atoms with Crippen LogP contribution in [0.5, 0.6) is 5.75 Å². The maximum atomic E-state index is 5.19. The first-order valence-corrected chi connectivity index (χ1v) is 6.67. The lowest BCUT2D eigenvalue weighted by Gasteiger charge is -2.00. The topological polar surface area (TPSA) is 9.23 Å². The summed E-state index contributed by atoms with van der Waals surface area (Å²) in [6, 6.07) is 8.17. The van der Waals surface area contributed by atoms with Crippen LogP contribution in [0.2, 0.25) is 0 Å². The summed E-state index contributed by atoms with van der Waals surface area (Å²) in [4.78, 5) is 0. The Labute approximate surface area is 106 Å². The molecule has 0 aromatic heterocycles. The van der Waals surface area contributed by atoms with E-state index in [0.717, 1.165) is 5.75 Å². The van der Waals surface area contributed by atoms with Crippen molar-refractivity contribution in [2.45, 2.75) is 45.4 Å². The number of hydrogen-bond donors (Lipinski definition) is 0. The van der Waals surface area contributed by atoms with E-state index in [1.54, 1.807) is 7.11 Å². The zero-order chi connectivity index (χ0) is 12.3. The molecule has 1 nitrogen and oxygen atoms in total. The Hall–Kier alpha value is -1.24. The molecule has 0 N–H and O–H groups in total. The van der Waals surface area contributed by atoms with Crippen LogP contribution in [0, 0.1) is 0 Å². The highest BCUT2D eigenvalue weighted by Crippen LogP contribution is 2.14. The SMILES string of the molecule is CCCCCCCC=Cc1cccc(OC)c1. The van der Waals surface area contributed by atoms with Crippen molar-refractivity contribution in [3.8, 4) is 5.75 Å². The molecule has 0 aliphatic carbocycles. The van der Waals surface area contributed by atoms with E-state index in [1.165, 1.54) is 44.1 Å². The summed E-state index contributed by atoms with van der Waals surface area (Å²) in [6.45, 7) is 2.25. The summed E-state index contributed by atoms with van der Waals surface area (Å²) in [5, 5.41) is 0. The monoisotopic (exact) mass is 232 g/mol. The summed E-state index contributed by atoms with van der Waals surface area (Å²) < 4.78 is 5.19. The number of unbranched alkanes of at least 4 members (excludes halogenated alkanes) is 5. The molecule has 1 aromatic carbocycles. The zero-order valence-corrected chi connectivity index (χ0v) is 11.1. The van der Waals surface area contributed by atoms with Gasteiger partial charge in [-0.25, -0.2) is 0 Å². The van der Waals surface area contributed by atoms with Crippen molar-refractivity contribution in [3.05, 3.63) is 35.9 Å². The molecule has 0 atom stereocenters. The molecular weight excluding hydrogens is 208 g/mol. The van der Waals surface area contributed by atoms with Gasteiger partial charge in [0, 0.05) is 0 Å². The van der Waals surface area contributed by atoms with E-state index in [2.05, 4.69) is 31.2 Å². The standard InChI is InChI=1S/C16H24O/c1-3-4-5-6-7-8-9-11-15-12-10-13-16(14-15)17-2/h9-14H,3-8H2,1-2H3. The minimum atomic E-state index is 0.926. The molecule has 0 unspecified atom stereocenters. The summed E-state index contributed by atoms with van der Waals surface area (Å²) in [5.41, 5.74) is 1.22. The molecule has 0 aliphatic rings. The Morgan fingerprint density at radius 2 is 1.94 bits per heavy atom. The number of benzene rings is 1. The smallest absolute Gasteiger partial charge is 0.119 e. The molecular formula is C16H24O. The van der Waals surface area contributed by atoms with Gasteiger partial charge < -0.3 is 4.74 Å². The van der Waals surface area contributed by atoms with Gasteiger partial charge >= 0.3 is 0 Å². The van der Waals surface area contributed by atoms with Crippen LogP contribution in [-0.2, 0) is 0 Å². The molecule has 0 spiro atoms. The van der Waals surface area contributed by atoms with Crippen LogP contribution in [0.25, 0.3) is 6.08 Å². The summed E-state index contributed by atoms with van der Waals surface area (Å²) in [6.07, 6.45) is 12.4. The summed E-state index contributed by atoms with van der Waals surface area (Å²) >= 11 is 0. The predicted octanol–water partition coefficient (Wildman–Crippen LogP) is 5.07. The minimum Gasteiger partial charge on any atom is -0.497 e. The van der Waals surface area contributed by atoms with Crippen LogP contribution in [0.15, 0.2) is 30.3 Å². The Morgan fingerprint density at radius 1 is 1.12 bits per heavy atom. The predicted molar refractivity (Wildman–Crippen MR) is 75.4 cm³/mol. The van der Waals surface area contributed by atoms with Crippen LogP contribution >= 0.6 is 0 Å². The average molecular weight is 232 g/mol. The third-order valence-corrected chi connectivity index (χ3v) is 2.88. The molecule has 0 saturated carbocycles. The lowest BCUT2D eigenvalue weighted by atomic mass is 10.1. The number of allylic oxidation sites excluding steroid dienone is 1. The molecule has 0 aliphatic heterocycles. The quantitative estimate of drug-likeness (QED) is 0.569. The minimum absolute atomic E-state index is 0.926. The van der Waals surface area contributed by atoms with Gasteiger partial charge in [-0.2, -0.15) is 0 Å². The van der Waals surface area contributed by atoms with E-state index in [0.29, 0.717) is 0 Å². The lowest BCUT2D eigenvalue weighted by Crippen LogP contribution is -1.82. The largest absolute Gasteiger partial charge is 0.497 e. The molecule has 0 bridgehead atoms. The molecule has 17 heavy (non-hydrogen) atoms. The van der Waals surface area contributed by atoms with E-state index in [9.17, 15) is 0 Å². The van der Waals surface area contributed by atoms with Gasteiger partial charge in [-0.3, -0.25) is 0 Å². The van der Waals surface area contributed by atoms with Gasteiger partial charge in [0.25, 0.3) is 0 Å². The van der Waals surface area contributed by atoms with Gasteiger partial charge in [0.1, 0.15) is 5.75 Å². The maximum Gasteiger partial charge on any atom is 0.119 e. The Kier molecular flexibility index (Phi) is 7.20. The summed E-state index contributed by atoms with van der Waals surface area (Å²) in [5.74, 6) is 0.926. The number of methoxy groups -OCH3 is 1. The highest BCUT2D eigenvalue weighted by Gasteiger charge is 1.91. The number of ether oxygens (including phenoxy) is 1. The van der Waals surface area contributed by atoms with Gasteiger partial charge in [0.2, 0.25) is 0 Å². The van der Waals surface area contributed by atoms with Crippen LogP contribution < -0.4 is 4.74 Å². The molecule has 0 fully saturated rings. The van der Waals surface area contributed by atoms with Crippen molar-refractivity contribution >= 4 is 6.08 Å². The van der Waals surface area contributed by atoms with E-state index in [4.69, 9.17) is 4.74 Å². The van der Waals surface area contributed by atoms with Gasteiger partial charge in [-0.1, -0.05) is 56.9 Å². The molecule has 1 heteroatoms. The van der Waals surface area contributed by atoms with Crippen LogP contribution in [0.1, 0.15) is 51.0 Å². The van der Waals surface area contributed by atoms with Gasteiger partial charge in [-0.05, 0) is 30.5 Å². The second kappa shape index (κ2) is 8.86. The molecule has 0 saturated heterocycles. The fourth-order valence-corrected chi connectivity index (χ4v) is 1.83. The van der Waals surface area contributed by atoms with E-state index < -0.39 is 0 Å². The van der Waals surface area contributed by atoms with Gasteiger partial charge in [0.15, 0.2) is 0 Å². The van der Waals surface area contributed by atoms with E-state index in [1.807, 2.05) is 12.1 Å². The second-order valence-electron chi connectivity index (χ2n) is 4.38. The lowest BCUT2D eigenvalue weighted by molar-refractivity contribution is 0.414. The Balaban J connectivity index is 2.23. The zero-order valence-electron chi connectivity index (χ0n) is 11.1. The average Bonchev–Trinajstić information content (AvgIpc) is 2.38. The van der Waals surface area contributed by atoms with Crippen molar-refractivity contribution < 1.29 is 4.74 Å². The van der Waals surface area contributed by atoms with Gasteiger partial charge in [-0.15, -0.1) is 0 Å². The fourth-order valence-electron chi connectivity index (χ4n) is 1.83. The van der Waals surface area contributed by atoms with Crippen LogP contribution in [-0.4, -0.2) is 7.11 Å². The third kappa shape index (κ3) is 6.15. The first-order chi connectivity index (χ1) is 8.36. The highest BCUT2D eigenvalue weighted by molar-refractivity contribution is 5.51. The summed E-state index contributed by atoms with van der Waals surface area (Å²) in [7, 11) is 1.70. The second-order valence-corrected chi connectivity index (χ2v) is 4.38. The highest BCUT2D eigenvalue weighted by atomic mass is 16.5. The van der Waals surface area contributed by atoms with Crippen molar-refractivity contribution in [1.29, 1.82) is 0 Å². The molecule has 0 heterocycles. The van der Waals surface area contributed by atoms with Crippen molar-refractivity contribution in [1.82, 2.24) is 0 Å². The third-order valence-electron chi connectivity index (χ3n) is 2.88. The molecule has 1 rings (SSSR count). The first kappa shape index (κ1) is 13.8. The van der Waals surface area contributed by atoms with Crippen LogP contribution in [0.4, 0.5) is 0 Å². The van der Waals surface area contributed by atoms with Crippen molar-refractivity contribution in [2.24, 2.45) is 0 Å². The van der Waals surface area contributed by atoms with Crippen molar-refractivity contribution in [2.75, 3.05) is 7.11 Å². The number of rotatable bonds is 8. The van der Waals surface area contributed by atoms with Crippen molar-refractivity contribution in [3.63, 3.8) is 0 Å². The molecule has 1 aromatic rings. The number of hydrogen-bond acceptors (Lipinski definition) is 1. The Bertz CT molecular complexity index is 328. The first-order valence-electron chi connectivity index (χ1n) is 6.67. The van der Waals surface area contributed by atoms with Gasteiger partial charge in [0.05, 0.1) is 7.11 Å². The molecule has 0 amide bonds. The van der Waals surface area contributed by atoms with Crippen LogP contribution in [0.3, 0.4) is 0 Å². The normalized spacial score (nSPS) is 10.9. The maximum absolute atomic E-state index is 5.19.